The zero-order valence-corrected chi connectivity index (χ0v) is 16.2. The highest BCUT2D eigenvalue weighted by Gasteiger charge is 2.31. The van der Waals surface area contributed by atoms with Gasteiger partial charge in [0.2, 0.25) is 10.0 Å². The van der Waals surface area contributed by atoms with Gasteiger partial charge in [0.05, 0.1) is 17.1 Å². The number of rotatable bonds is 4. The second-order valence-corrected chi connectivity index (χ2v) is 9.29. The molecule has 3 aromatic rings. The van der Waals surface area contributed by atoms with Crippen molar-refractivity contribution in [2.75, 3.05) is 6.54 Å². The minimum absolute atomic E-state index is 0.403. The summed E-state index contributed by atoms with van der Waals surface area (Å²) in [5, 5.41) is 0.962. The third-order valence-electron chi connectivity index (χ3n) is 4.69. The van der Waals surface area contributed by atoms with Crippen molar-refractivity contribution in [3.8, 4) is 10.6 Å². The van der Waals surface area contributed by atoms with E-state index >= 15 is 0 Å². The molecule has 0 atom stereocenters. The lowest BCUT2D eigenvalue weighted by Gasteiger charge is -2.26. The first-order valence-corrected chi connectivity index (χ1v) is 11.0. The summed E-state index contributed by atoms with van der Waals surface area (Å²) in [6.07, 6.45) is 1.36. The molecular weight excluding hydrogens is 364 g/mol. The van der Waals surface area contributed by atoms with E-state index in [0.29, 0.717) is 30.8 Å². The van der Waals surface area contributed by atoms with Crippen molar-refractivity contribution >= 4 is 21.4 Å². The molecule has 0 amide bonds. The van der Waals surface area contributed by atoms with Crippen LogP contribution in [0.2, 0.25) is 0 Å². The fourth-order valence-corrected chi connectivity index (χ4v) is 6.18. The summed E-state index contributed by atoms with van der Waals surface area (Å²) in [6.45, 7) is 2.86. The molecule has 0 fully saturated rings. The van der Waals surface area contributed by atoms with Gasteiger partial charge in [0, 0.05) is 23.4 Å². The lowest BCUT2D eigenvalue weighted by atomic mass is 10.2. The van der Waals surface area contributed by atoms with Crippen LogP contribution < -0.4 is 0 Å². The van der Waals surface area contributed by atoms with Crippen LogP contribution in [0.1, 0.15) is 23.1 Å². The molecule has 0 bridgehead atoms. The molecule has 0 spiro atoms. The molecule has 1 aromatic heterocycles. The molecule has 4 nitrogen and oxygen atoms in total. The first-order valence-electron chi connectivity index (χ1n) is 8.71. The Kier molecular flexibility index (Phi) is 4.65. The first kappa shape index (κ1) is 17.4. The van der Waals surface area contributed by atoms with Gasteiger partial charge in [-0.2, -0.15) is 4.31 Å². The number of hydrogen-bond acceptors (Lipinski definition) is 4. The largest absolute Gasteiger partial charge is 0.243 e. The topological polar surface area (TPSA) is 50.3 Å². The number of nitrogens with zero attached hydrogens (tertiary/aromatic N) is 2. The molecule has 4 rings (SSSR count). The van der Waals surface area contributed by atoms with Gasteiger partial charge in [-0.3, -0.25) is 0 Å². The number of thiazole rings is 1. The summed E-state index contributed by atoms with van der Waals surface area (Å²) >= 11 is 1.60. The van der Waals surface area contributed by atoms with E-state index in [1.165, 1.54) is 0 Å². The van der Waals surface area contributed by atoms with Crippen LogP contribution in [0.3, 0.4) is 0 Å². The van der Waals surface area contributed by atoms with Crippen LogP contribution in [0.25, 0.3) is 10.6 Å². The third-order valence-corrected chi connectivity index (χ3v) is 7.77. The quantitative estimate of drug-likeness (QED) is 0.680. The highest BCUT2D eigenvalue weighted by molar-refractivity contribution is 7.89. The molecule has 0 radical (unpaired) electrons. The van der Waals surface area contributed by atoms with Crippen molar-refractivity contribution in [3.63, 3.8) is 0 Å². The lowest BCUT2D eigenvalue weighted by Crippen LogP contribution is -2.36. The van der Waals surface area contributed by atoms with Crippen molar-refractivity contribution in [2.45, 2.75) is 31.2 Å². The summed E-state index contributed by atoms with van der Waals surface area (Å²) < 4.78 is 27.9. The Morgan fingerprint density at radius 2 is 1.81 bits per heavy atom. The maximum Gasteiger partial charge on any atom is 0.243 e. The van der Waals surface area contributed by atoms with Gasteiger partial charge in [-0.25, -0.2) is 13.4 Å². The van der Waals surface area contributed by atoms with Crippen LogP contribution >= 0.6 is 11.3 Å². The van der Waals surface area contributed by atoms with Crippen molar-refractivity contribution in [2.24, 2.45) is 0 Å². The molecule has 134 valence electrons. The fraction of sp³-hybridized carbons (Fsp3) is 0.250. The molecule has 26 heavy (non-hydrogen) atoms. The Morgan fingerprint density at radius 3 is 2.58 bits per heavy atom. The summed E-state index contributed by atoms with van der Waals surface area (Å²) in [5.41, 5.74) is 2.98. The van der Waals surface area contributed by atoms with E-state index in [1.807, 2.05) is 49.4 Å². The van der Waals surface area contributed by atoms with Crippen LogP contribution in [0.5, 0.6) is 0 Å². The molecule has 1 aliphatic rings. The molecular formula is C20H20N2O2S2. The molecule has 0 N–H and O–H groups in total. The molecule has 1 aliphatic heterocycles. The molecule has 2 aromatic carbocycles. The first-order chi connectivity index (χ1) is 12.6. The average molecular weight is 385 g/mol. The maximum atomic E-state index is 13.2. The van der Waals surface area contributed by atoms with Gasteiger partial charge in [-0.1, -0.05) is 55.5 Å². The van der Waals surface area contributed by atoms with E-state index in [2.05, 4.69) is 0 Å². The van der Waals surface area contributed by atoms with E-state index in [1.54, 1.807) is 27.8 Å². The SMILES string of the molecule is CCc1ccccc1S(=O)(=O)N1CCc2nc(-c3ccccc3)sc2C1. The van der Waals surface area contributed by atoms with E-state index in [4.69, 9.17) is 4.98 Å². The van der Waals surface area contributed by atoms with Gasteiger partial charge in [0.25, 0.3) is 0 Å². The normalized spacial score (nSPS) is 15.0. The van der Waals surface area contributed by atoms with Crippen molar-refractivity contribution < 1.29 is 8.42 Å². The molecule has 0 saturated heterocycles. The monoisotopic (exact) mass is 384 g/mol. The Morgan fingerprint density at radius 1 is 1.08 bits per heavy atom. The van der Waals surface area contributed by atoms with E-state index in [9.17, 15) is 8.42 Å². The van der Waals surface area contributed by atoms with Gasteiger partial charge >= 0.3 is 0 Å². The second-order valence-electron chi connectivity index (χ2n) is 6.30. The Labute approximate surface area is 158 Å². The zero-order chi connectivity index (χ0) is 18.1. The van der Waals surface area contributed by atoms with Crippen molar-refractivity contribution in [1.29, 1.82) is 0 Å². The van der Waals surface area contributed by atoms with Crippen LogP contribution in [0, 0.1) is 0 Å². The summed E-state index contributed by atoms with van der Waals surface area (Å²) in [7, 11) is -3.49. The number of aryl methyl sites for hydroxylation is 1. The lowest BCUT2D eigenvalue weighted by molar-refractivity contribution is 0.392. The van der Waals surface area contributed by atoms with Crippen LogP contribution in [-0.4, -0.2) is 24.3 Å². The second kappa shape index (κ2) is 6.95. The van der Waals surface area contributed by atoms with Gasteiger partial charge in [-0.15, -0.1) is 11.3 Å². The predicted molar refractivity (Wildman–Crippen MR) is 105 cm³/mol. The average Bonchev–Trinajstić information content (AvgIpc) is 3.12. The standard InChI is InChI=1S/C20H20N2O2S2/c1-2-15-8-6-7-11-19(15)26(23,24)22-13-12-17-18(14-22)25-20(21-17)16-9-4-3-5-10-16/h3-11H,2,12-14H2,1H3. The number of sulfonamides is 1. The Bertz CT molecular complexity index is 1030. The smallest absolute Gasteiger partial charge is 0.241 e. The third kappa shape index (κ3) is 3.09. The van der Waals surface area contributed by atoms with Crippen LogP contribution in [-0.2, 0) is 29.4 Å². The molecule has 6 heteroatoms. The zero-order valence-electron chi connectivity index (χ0n) is 14.6. The Hall–Kier alpha value is -2.02. The fourth-order valence-electron chi connectivity index (χ4n) is 3.27. The number of hydrogen-bond donors (Lipinski definition) is 0. The molecule has 0 aliphatic carbocycles. The minimum Gasteiger partial charge on any atom is -0.241 e. The number of aromatic nitrogens is 1. The van der Waals surface area contributed by atoms with Gasteiger partial charge in [0.1, 0.15) is 5.01 Å². The van der Waals surface area contributed by atoms with Gasteiger partial charge in [0.15, 0.2) is 0 Å². The minimum atomic E-state index is -3.49. The molecule has 2 heterocycles. The van der Waals surface area contributed by atoms with Crippen molar-refractivity contribution in [3.05, 3.63) is 70.7 Å². The van der Waals surface area contributed by atoms with Gasteiger partial charge in [-0.05, 0) is 18.1 Å². The van der Waals surface area contributed by atoms with E-state index < -0.39 is 10.0 Å². The number of benzene rings is 2. The highest BCUT2D eigenvalue weighted by Crippen LogP contribution is 2.33. The van der Waals surface area contributed by atoms with Crippen LogP contribution in [0.4, 0.5) is 0 Å². The molecule has 0 unspecified atom stereocenters. The van der Waals surface area contributed by atoms with E-state index in [-0.39, 0.29) is 0 Å². The predicted octanol–water partition coefficient (Wildman–Crippen LogP) is 4.12. The van der Waals surface area contributed by atoms with E-state index in [0.717, 1.165) is 26.7 Å². The summed E-state index contributed by atoms with van der Waals surface area (Å²) in [5.74, 6) is 0. The van der Waals surface area contributed by atoms with Crippen molar-refractivity contribution in [1.82, 2.24) is 9.29 Å². The van der Waals surface area contributed by atoms with Crippen LogP contribution in [0.15, 0.2) is 59.5 Å². The maximum absolute atomic E-state index is 13.2. The number of fused-ring (bicyclic) bond motifs is 1. The summed E-state index contributed by atoms with van der Waals surface area (Å²) in [4.78, 5) is 6.22. The summed E-state index contributed by atoms with van der Waals surface area (Å²) in [6, 6.07) is 17.3. The highest BCUT2D eigenvalue weighted by atomic mass is 32.2. The van der Waals surface area contributed by atoms with Gasteiger partial charge < -0.3 is 0 Å². The Balaban J connectivity index is 1.65. The molecule has 0 saturated carbocycles.